The minimum Gasteiger partial charge on any atom is -0.505 e. The maximum Gasteiger partial charge on any atom is 0.153 e. The number of hydrogen-bond donors (Lipinski definition) is 2. The Bertz CT molecular complexity index is 546. The average molecular weight is 328 g/mol. The Morgan fingerprint density at radius 2 is 2.14 bits per heavy atom. The van der Waals surface area contributed by atoms with Crippen LogP contribution in [-0.4, -0.2) is 18.7 Å². The van der Waals surface area contributed by atoms with Crippen molar-refractivity contribution in [3.8, 4) is 5.75 Å². The molecule has 0 unspecified atom stereocenters. The lowest BCUT2D eigenvalue weighted by atomic mass is 9.56. The Balaban J connectivity index is 2.15. The van der Waals surface area contributed by atoms with Crippen LogP contribution < -0.4 is 5.32 Å². The van der Waals surface area contributed by atoms with E-state index in [0.717, 1.165) is 19.4 Å². The van der Waals surface area contributed by atoms with E-state index in [1.54, 1.807) is 0 Å². The first-order valence-electron chi connectivity index (χ1n) is 7.95. The molecule has 21 heavy (non-hydrogen) atoms. The van der Waals surface area contributed by atoms with Gasteiger partial charge in [-0.05, 0) is 68.8 Å². The maximum absolute atomic E-state index is 10.2. The molecule has 0 saturated heterocycles. The van der Waals surface area contributed by atoms with Gasteiger partial charge in [0, 0.05) is 5.41 Å². The molecule has 2 N–H and O–H groups in total. The number of benzene rings is 1. The molecule has 2 aliphatic rings. The fourth-order valence-corrected chi connectivity index (χ4v) is 5.27. The van der Waals surface area contributed by atoms with E-state index in [0.29, 0.717) is 16.0 Å². The lowest BCUT2D eigenvalue weighted by molar-refractivity contribution is 0.147. The van der Waals surface area contributed by atoms with Crippen LogP contribution >= 0.6 is 23.2 Å². The maximum atomic E-state index is 10.2. The van der Waals surface area contributed by atoms with Crippen LogP contribution in [0.15, 0.2) is 6.07 Å². The van der Waals surface area contributed by atoms with Crippen molar-refractivity contribution in [1.29, 1.82) is 0 Å². The van der Waals surface area contributed by atoms with E-state index in [9.17, 15) is 5.11 Å². The highest BCUT2D eigenvalue weighted by atomic mass is 35.5. The highest BCUT2D eigenvalue weighted by Crippen LogP contribution is 2.56. The number of hydrogen-bond acceptors (Lipinski definition) is 2. The topological polar surface area (TPSA) is 32.3 Å². The standard InChI is InChI=1S/C17H23Cl2NO/c1-20-9-8-17-7-3-2-4-12(17)6-5-11-10-13(18)16(21)15(19)14(11)17/h10,12,20-21H,2-9H2,1H3/t12-,17+/m1/s1. The molecular weight excluding hydrogens is 305 g/mol. The van der Waals surface area contributed by atoms with Crippen LogP contribution in [-0.2, 0) is 11.8 Å². The smallest absolute Gasteiger partial charge is 0.153 e. The summed E-state index contributed by atoms with van der Waals surface area (Å²) in [4.78, 5) is 0. The van der Waals surface area contributed by atoms with Gasteiger partial charge in [-0.25, -0.2) is 0 Å². The van der Waals surface area contributed by atoms with E-state index < -0.39 is 0 Å². The third kappa shape index (κ3) is 2.46. The number of aromatic hydroxyl groups is 1. The van der Waals surface area contributed by atoms with E-state index in [1.165, 1.54) is 43.2 Å². The summed E-state index contributed by atoms with van der Waals surface area (Å²) in [5, 5.41) is 14.4. The molecule has 1 aromatic rings. The van der Waals surface area contributed by atoms with Crippen molar-refractivity contribution in [3.63, 3.8) is 0 Å². The molecule has 1 aromatic carbocycles. The number of rotatable bonds is 3. The predicted molar refractivity (Wildman–Crippen MR) is 88.6 cm³/mol. The monoisotopic (exact) mass is 327 g/mol. The minimum atomic E-state index is 0.0622. The minimum absolute atomic E-state index is 0.0622. The largest absolute Gasteiger partial charge is 0.505 e. The number of nitrogens with one attached hydrogen (secondary N) is 1. The molecular formula is C17H23Cl2NO. The number of phenolic OH excluding ortho intramolecular Hbond substituents is 1. The van der Waals surface area contributed by atoms with Crippen molar-refractivity contribution < 1.29 is 5.11 Å². The normalized spacial score (nSPS) is 28.0. The Labute approximate surface area is 136 Å². The second-order valence-electron chi connectivity index (χ2n) is 6.55. The van der Waals surface area contributed by atoms with Crippen LogP contribution in [0.25, 0.3) is 0 Å². The van der Waals surface area contributed by atoms with Gasteiger partial charge in [-0.15, -0.1) is 0 Å². The summed E-state index contributed by atoms with van der Waals surface area (Å²) in [7, 11) is 2.00. The third-order valence-corrected chi connectivity index (χ3v) is 6.22. The lowest BCUT2D eigenvalue weighted by Gasteiger charge is -2.49. The Hall–Kier alpha value is -0.440. The molecule has 2 nitrogen and oxygen atoms in total. The molecule has 1 saturated carbocycles. The van der Waals surface area contributed by atoms with Crippen LogP contribution in [0.3, 0.4) is 0 Å². The highest BCUT2D eigenvalue weighted by molar-refractivity contribution is 6.37. The third-order valence-electron chi connectivity index (χ3n) is 5.56. The molecule has 1 fully saturated rings. The van der Waals surface area contributed by atoms with Gasteiger partial charge in [-0.3, -0.25) is 0 Å². The van der Waals surface area contributed by atoms with Gasteiger partial charge in [0.05, 0.1) is 10.0 Å². The molecule has 0 spiro atoms. The van der Waals surface area contributed by atoms with Gasteiger partial charge in [0.1, 0.15) is 0 Å². The second-order valence-corrected chi connectivity index (χ2v) is 7.33. The van der Waals surface area contributed by atoms with Crippen molar-refractivity contribution in [2.75, 3.05) is 13.6 Å². The number of phenols is 1. The molecule has 2 atom stereocenters. The van der Waals surface area contributed by atoms with Crippen molar-refractivity contribution >= 4 is 23.2 Å². The Morgan fingerprint density at radius 1 is 1.33 bits per heavy atom. The van der Waals surface area contributed by atoms with Gasteiger partial charge in [-0.1, -0.05) is 36.0 Å². The Kier molecular flexibility index (Phi) is 4.40. The number of halogens is 2. The van der Waals surface area contributed by atoms with Crippen molar-refractivity contribution in [2.24, 2.45) is 5.92 Å². The first kappa shape index (κ1) is 15.5. The molecule has 0 amide bonds. The highest BCUT2D eigenvalue weighted by Gasteiger charge is 2.46. The van der Waals surface area contributed by atoms with Crippen LogP contribution in [0.1, 0.15) is 49.7 Å². The summed E-state index contributed by atoms with van der Waals surface area (Å²) in [5.41, 5.74) is 2.56. The average Bonchev–Trinajstić information content (AvgIpc) is 2.50. The van der Waals surface area contributed by atoms with Crippen LogP contribution in [0.4, 0.5) is 0 Å². The summed E-state index contributed by atoms with van der Waals surface area (Å²) >= 11 is 12.7. The molecule has 0 radical (unpaired) electrons. The zero-order valence-electron chi connectivity index (χ0n) is 12.5. The second kappa shape index (κ2) is 5.98. The number of aryl methyl sites for hydroxylation is 1. The van der Waals surface area contributed by atoms with E-state index in [2.05, 4.69) is 5.32 Å². The summed E-state index contributed by atoms with van der Waals surface area (Å²) in [6.45, 7) is 0.982. The van der Waals surface area contributed by atoms with Crippen molar-refractivity contribution in [3.05, 3.63) is 27.2 Å². The van der Waals surface area contributed by atoms with Gasteiger partial charge in [0.25, 0.3) is 0 Å². The van der Waals surface area contributed by atoms with Gasteiger partial charge >= 0.3 is 0 Å². The molecule has 0 aliphatic heterocycles. The quantitative estimate of drug-likeness (QED) is 0.844. The van der Waals surface area contributed by atoms with E-state index in [4.69, 9.17) is 23.2 Å². The molecule has 2 aliphatic carbocycles. The van der Waals surface area contributed by atoms with Crippen LogP contribution in [0.2, 0.25) is 10.0 Å². The van der Waals surface area contributed by atoms with Crippen LogP contribution in [0, 0.1) is 5.92 Å². The number of fused-ring (bicyclic) bond motifs is 3. The Morgan fingerprint density at radius 3 is 2.90 bits per heavy atom. The van der Waals surface area contributed by atoms with Gasteiger partial charge < -0.3 is 10.4 Å². The molecule has 4 heteroatoms. The predicted octanol–water partition coefficient (Wildman–Crippen LogP) is 4.68. The van der Waals surface area contributed by atoms with E-state index >= 15 is 0 Å². The fraction of sp³-hybridized carbons (Fsp3) is 0.647. The van der Waals surface area contributed by atoms with Crippen LogP contribution in [0.5, 0.6) is 5.75 Å². The van der Waals surface area contributed by atoms with Crippen molar-refractivity contribution in [1.82, 2.24) is 5.32 Å². The summed E-state index contributed by atoms with van der Waals surface area (Å²) < 4.78 is 0. The van der Waals surface area contributed by atoms with Gasteiger partial charge in [0.2, 0.25) is 0 Å². The molecule has 0 bridgehead atoms. The molecule has 0 heterocycles. The van der Waals surface area contributed by atoms with Gasteiger partial charge in [0.15, 0.2) is 5.75 Å². The zero-order chi connectivity index (χ0) is 15.0. The van der Waals surface area contributed by atoms with E-state index in [1.807, 2.05) is 13.1 Å². The van der Waals surface area contributed by atoms with Crippen molar-refractivity contribution in [2.45, 2.75) is 50.4 Å². The lowest BCUT2D eigenvalue weighted by Crippen LogP contribution is -2.44. The first-order valence-corrected chi connectivity index (χ1v) is 8.70. The molecule has 116 valence electrons. The SMILES string of the molecule is CNCC[C@@]12CCCC[C@@H]1CCc1cc(Cl)c(O)c(Cl)c12. The fourth-order valence-electron chi connectivity index (χ4n) is 4.59. The summed E-state index contributed by atoms with van der Waals surface area (Å²) in [5.74, 6) is 0.748. The summed E-state index contributed by atoms with van der Waals surface area (Å²) in [6, 6.07) is 1.93. The molecule has 0 aromatic heterocycles. The van der Waals surface area contributed by atoms with Gasteiger partial charge in [-0.2, -0.15) is 0 Å². The zero-order valence-corrected chi connectivity index (χ0v) is 14.0. The molecule has 3 rings (SSSR count). The first-order chi connectivity index (χ1) is 10.1. The van der Waals surface area contributed by atoms with E-state index in [-0.39, 0.29) is 11.2 Å². The summed E-state index contributed by atoms with van der Waals surface area (Å²) in [6.07, 6.45) is 8.35.